The Hall–Kier alpha value is -2.44. The maximum atomic E-state index is 13.1. The third-order valence-corrected chi connectivity index (χ3v) is 8.87. The fraction of sp³-hybridized carbons (Fsp3) is 0.333. The summed E-state index contributed by atoms with van der Waals surface area (Å²) in [4.78, 5) is 17.7. The van der Waals surface area contributed by atoms with Crippen LogP contribution in [0.5, 0.6) is 0 Å². The van der Waals surface area contributed by atoms with Crippen molar-refractivity contribution in [3.8, 4) is 12.3 Å². The van der Waals surface area contributed by atoms with E-state index in [1.165, 1.54) is 39.9 Å². The Balaban J connectivity index is 1.65. The molecule has 6 nitrogen and oxygen atoms in total. The molecule has 4 rings (SSSR count). The molecule has 33 heavy (non-hydrogen) atoms. The molecule has 2 aromatic carbocycles. The van der Waals surface area contributed by atoms with E-state index in [0.29, 0.717) is 40.3 Å². The van der Waals surface area contributed by atoms with Gasteiger partial charge in [-0.05, 0) is 54.7 Å². The van der Waals surface area contributed by atoms with Gasteiger partial charge >= 0.3 is 0 Å². The van der Waals surface area contributed by atoms with Crippen molar-refractivity contribution in [1.29, 1.82) is 0 Å². The zero-order valence-electron chi connectivity index (χ0n) is 18.4. The number of aromatic nitrogens is 1. The molecule has 0 saturated carbocycles. The Morgan fingerprint density at radius 1 is 1.18 bits per heavy atom. The van der Waals surface area contributed by atoms with Crippen LogP contribution in [0.15, 0.2) is 52.4 Å². The molecule has 1 saturated heterocycles. The largest absolute Gasteiger partial charge is 0.303 e. The molecule has 0 bridgehead atoms. The molecule has 3 aromatic rings. The number of amides is 1. The minimum Gasteiger partial charge on any atom is -0.303 e. The van der Waals surface area contributed by atoms with Crippen molar-refractivity contribution >= 4 is 49.1 Å². The number of halogens is 1. The van der Waals surface area contributed by atoms with Gasteiger partial charge in [0, 0.05) is 18.7 Å². The lowest BCUT2D eigenvalue weighted by Crippen LogP contribution is -2.42. The van der Waals surface area contributed by atoms with E-state index < -0.39 is 15.9 Å². The third-order valence-electron chi connectivity index (χ3n) is 5.67. The molecule has 0 aliphatic carbocycles. The highest BCUT2D eigenvalue weighted by Gasteiger charge is 2.31. The van der Waals surface area contributed by atoms with Gasteiger partial charge in [-0.1, -0.05) is 48.8 Å². The predicted molar refractivity (Wildman–Crippen MR) is 132 cm³/mol. The van der Waals surface area contributed by atoms with Crippen LogP contribution < -0.4 is 4.80 Å². The van der Waals surface area contributed by atoms with E-state index in [0.717, 1.165) is 16.6 Å². The zero-order valence-corrected chi connectivity index (χ0v) is 20.8. The topological polar surface area (TPSA) is 71.7 Å². The van der Waals surface area contributed by atoms with Crippen molar-refractivity contribution in [1.82, 2.24) is 8.87 Å². The number of para-hydroxylation sites is 1. The summed E-state index contributed by atoms with van der Waals surface area (Å²) in [6.45, 7) is 5.36. The summed E-state index contributed by atoms with van der Waals surface area (Å²) in [6, 6.07) is 11.4. The van der Waals surface area contributed by atoms with Crippen LogP contribution in [0.1, 0.15) is 30.6 Å². The van der Waals surface area contributed by atoms with E-state index in [1.807, 2.05) is 12.1 Å². The summed E-state index contributed by atoms with van der Waals surface area (Å²) in [6.07, 6.45) is 6.53. The molecule has 2 heterocycles. The summed E-state index contributed by atoms with van der Waals surface area (Å²) < 4.78 is 30.3. The number of rotatable bonds is 4. The van der Waals surface area contributed by atoms with Crippen LogP contribution in [0.4, 0.5) is 0 Å². The number of hydrogen-bond acceptors (Lipinski definition) is 4. The second kappa shape index (κ2) is 9.43. The van der Waals surface area contributed by atoms with E-state index in [2.05, 4.69) is 24.8 Å². The summed E-state index contributed by atoms with van der Waals surface area (Å²) in [5.74, 6) is 2.72. The van der Waals surface area contributed by atoms with Crippen LogP contribution in [-0.4, -0.2) is 36.3 Å². The van der Waals surface area contributed by atoms with Gasteiger partial charge in [-0.15, -0.1) is 6.42 Å². The van der Waals surface area contributed by atoms with Crippen LogP contribution in [0.2, 0.25) is 5.02 Å². The standard InChI is InChI=1S/C24H24ClN3O3S2/c1-4-12-28-22-20(25)6-5-7-21(22)32-24(28)26-23(29)18-8-10-19(11-9-18)33(30,31)27-14-16(2)13-17(3)15-27/h1,5-11,16-17H,12-15H2,2-3H3. The normalized spacial score (nSPS) is 20.1. The number of piperidine rings is 1. The van der Waals surface area contributed by atoms with Crippen molar-refractivity contribution in [3.05, 3.63) is 57.9 Å². The Morgan fingerprint density at radius 2 is 1.85 bits per heavy atom. The zero-order chi connectivity index (χ0) is 23.8. The highest BCUT2D eigenvalue weighted by molar-refractivity contribution is 7.89. The fourth-order valence-electron chi connectivity index (χ4n) is 4.28. The SMILES string of the molecule is C#CCn1c(=NC(=O)c2ccc(S(=O)(=O)N3CC(C)CC(C)C3)cc2)sc2cccc(Cl)c21. The molecule has 172 valence electrons. The van der Waals surface area contributed by atoms with Gasteiger partial charge in [-0.25, -0.2) is 8.42 Å². The van der Waals surface area contributed by atoms with Gasteiger partial charge in [0.15, 0.2) is 4.80 Å². The molecule has 1 amide bonds. The summed E-state index contributed by atoms with van der Waals surface area (Å²) in [5, 5.41) is 0.531. The highest BCUT2D eigenvalue weighted by atomic mass is 35.5. The van der Waals surface area contributed by atoms with Crippen LogP contribution in [-0.2, 0) is 16.6 Å². The highest BCUT2D eigenvalue weighted by Crippen LogP contribution is 2.27. The van der Waals surface area contributed by atoms with E-state index in [9.17, 15) is 13.2 Å². The molecule has 0 radical (unpaired) electrons. The Morgan fingerprint density at radius 3 is 2.48 bits per heavy atom. The van der Waals surface area contributed by atoms with Crippen LogP contribution in [0.25, 0.3) is 10.2 Å². The second-order valence-corrected chi connectivity index (χ2v) is 11.8. The maximum Gasteiger partial charge on any atom is 0.279 e. The molecule has 1 fully saturated rings. The number of thiazole rings is 1. The van der Waals surface area contributed by atoms with Gasteiger partial charge in [0.2, 0.25) is 10.0 Å². The minimum atomic E-state index is -3.61. The quantitative estimate of drug-likeness (QED) is 0.497. The number of hydrogen-bond donors (Lipinski definition) is 0. The van der Waals surface area contributed by atoms with Crippen LogP contribution in [0, 0.1) is 24.2 Å². The molecule has 0 N–H and O–H groups in total. The smallest absolute Gasteiger partial charge is 0.279 e. The molecule has 1 aromatic heterocycles. The fourth-order valence-corrected chi connectivity index (χ4v) is 7.35. The number of carbonyl (C=O) groups excluding carboxylic acids is 1. The maximum absolute atomic E-state index is 13.1. The summed E-state index contributed by atoms with van der Waals surface area (Å²) in [5.41, 5.74) is 1.03. The first kappa shape index (κ1) is 23.7. The monoisotopic (exact) mass is 501 g/mol. The Kier molecular flexibility index (Phi) is 6.78. The minimum absolute atomic E-state index is 0.177. The first-order valence-corrected chi connectivity index (χ1v) is 13.2. The van der Waals surface area contributed by atoms with E-state index >= 15 is 0 Å². The number of terminal acetylenes is 1. The number of nitrogens with zero attached hydrogens (tertiary/aromatic N) is 3. The lowest BCUT2D eigenvalue weighted by Gasteiger charge is -2.34. The van der Waals surface area contributed by atoms with Crippen LogP contribution >= 0.6 is 22.9 Å². The van der Waals surface area contributed by atoms with Crippen molar-refractivity contribution in [2.24, 2.45) is 16.8 Å². The lowest BCUT2D eigenvalue weighted by molar-refractivity contribution is 0.0998. The molecule has 2 atom stereocenters. The number of benzene rings is 2. The average Bonchev–Trinajstić information content (AvgIpc) is 3.11. The molecule has 2 unspecified atom stereocenters. The number of sulfonamides is 1. The van der Waals surface area contributed by atoms with Gasteiger partial charge in [0.1, 0.15) is 0 Å². The second-order valence-electron chi connectivity index (χ2n) is 8.47. The molecule has 9 heteroatoms. The first-order valence-electron chi connectivity index (χ1n) is 10.6. The molecule has 0 spiro atoms. The van der Waals surface area contributed by atoms with Crippen molar-refractivity contribution in [2.75, 3.05) is 13.1 Å². The molecular formula is C24H24ClN3O3S2. The molecular weight excluding hydrogens is 478 g/mol. The molecule has 1 aliphatic heterocycles. The van der Waals surface area contributed by atoms with E-state index in [4.69, 9.17) is 18.0 Å². The predicted octanol–water partition coefficient (Wildman–Crippen LogP) is 4.40. The average molecular weight is 502 g/mol. The number of carbonyl (C=O) groups is 1. The Labute approximate surface area is 202 Å². The van der Waals surface area contributed by atoms with Crippen molar-refractivity contribution in [2.45, 2.75) is 31.7 Å². The van der Waals surface area contributed by atoms with Crippen molar-refractivity contribution in [3.63, 3.8) is 0 Å². The van der Waals surface area contributed by atoms with Gasteiger partial charge in [-0.3, -0.25) is 4.79 Å². The van der Waals surface area contributed by atoms with Gasteiger partial charge in [-0.2, -0.15) is 9.30 Å². The van der Waals surface area contributed by atoms with Crippen LogP contribution in [0.3, 0.4) is 0 Å². The van der Waals surface area contributed by atoms with Gasteiger partial charge in [0.25, 0.3) is 5.91 Å². The lowest BCUT2D eigenvalue weighted by atomic mass is 9.94. The van der Waals surface area contributed by atoms with Gasteiger partial charge < -0.3 is 4.57 Å². The van der Waals surface area contributed by atoms with E-state index in [-0.39, 0.29) is 11.4 Å². The summed E-state index contributed by atoms with van der Waals surface area (Å²) in [7, 11) is -3.61. The Bertz CT molecular complexity index is 1410. The third kappa shape index (κ3) is 4.78. The first-order chi connectivity index (χ1) is 15.7. The van der Waals surface area contributed by atoms with Gasteiger partial charge in [0.05, 0.1) is 26.7 Å². The summed E-state index contributed by atoms with van der Waals surface area (Å²) >= 11 is 7.66. The van der Waals surface area contributed by atoms with Crippen molar-refractivity contribution < 1.29 is 13.2 Å². The number of fused-ring (bicyclic) bond motifs is 1. The molecule has 1 aliphatic rings. The van der Waals surface area contributed by atoms with E-state index in [1.54, 1.807) is 10.6 Å².